The first-order valence-corrected chi connectivity index (χ1v) is 6.97. The van der Waals surface area contributed by atoms with Gasteiger partial charge in [-0.1, -0.05) is 17.7 Å². The first kappa shape index (κ1) is 14.2. The van der Waals surface area contributed by atoms with Crippen LogP contribution in [0.2, 0.25) is 0 Å². The van der Waals surface area contributed by atoms with Crippen LogP contribution in [0.25, 0.3) is 0 Å². The van der Waals surface area contributed by atoms with Gasteiger partial charge in [-0.05, 0) is 52.7 Å². The molecule has 0 saturated carbocycles. The Balaban J connectivity index is 3.35. The maximum atomic E-state index is 12.2. The van der Waals surface area contributed by atoms with E-state index in [4.69, 9.17) is 4.18 Å². The number of benzene rings is 1. The molecule has 0 amide bonds. The molecule has 3 nitrogen and oxygen atoms in total. The van der Waals surface area contributed by atoms with E-state index >= 15 is 0 Å². The van der Waals surface area contributed by atoms with E-state index in [1.54, 1.807) is 34.6 Å². The fourth-order valence-corrected chi connectivity index (χ4v) is 3.58. The Morgan fingerprint density at radius 3 is 1.76 bits per heavy atom. The van der Waals surface area contributed by atoms with Crippen LogP contribution in [0.5, 0.6) is 0 Å². The molecule has 0 aliphatic carbocycles. The standard InChI is InChI=1S/C13H20O3S/c1-9-7-10(2)12(11(3)8-9)17(14,15)16-13(4,5)6/h7-8H,1-6H3. The lowest BCUT2D eigenvalue weighted by molar-refractivity contribution is 0.139. The molecular weight excluding hydrogens is 236 g/mol. The van der Waals surface area contributed by atoms with Crippen LogP contribution >= 0.6 is 0 Å². The predicted molar refractivity (Wildman–Crippen MR) is 68.7 cm³/mol. The third-order valence-corrected chi connectivity index (χ3v) is 4.08. The van der Waals surface area contributed by atoms with E-state index in [0.717, 1.165) is 16.7 Å². The van der Waals surface area contributed by atoms with E-state index in [1.165, 1.54) is 0 Å². The minimum Gasteiger partial charge on any atom is -0.261 e. The van der Waals surface area contributed by atoms with E-state index < -0.39 is 15.7 Å². The summed E-state index contributed by atoms with van der Waals surface area (Å²) in [7, 11) is -3.70. The molecule has 96 valence electrons. The molecule has 0 spiro atoms. The van der Waals surface area contributed by atoms with E-state index in [-0.39, 0.29) is 4.90 Å². The summed E-state index contributed by atoms with van der Waals surface area (Å²) in [6.45, 7) is 10.7. The summed E-state index contributed by atoms with van der Waals surface area (Å²) in [6.07, 6.45) is 0. The molecule has 0 saturated heterocycles. The molecule has 0 aliphatic rings. The van der Waals surface area contributed by atoms with Gasteiger partial charge in [-0.15, -0.1) is 0 Å². The van der Waals surface area contributed by atoms with Crippen molar-refractivity contribution in [3.8, 4) is 0 Å². The Kier molecular flexibility index (Phi) is 3.69. The molecule has 1 aromatic rings. The molecule has 0 heterocycles. The molecule has 4 heteroatoms. The Hall–Kier alpha value is -0.870. The largest absolute Gasteiger partial charge is 0.298 e. The lowest BCUT2D eigenvalue weighted by Gasteiger charge is -2.20. The molecule has 1 rings (SSSR count). The zero-order valence-corrected chi connectivity index (χ0v) is 12.1. The summed E-state index contributed by atoms with van der Waals surface area (Å²) in [5, 5.41) is 0. The maximum absolute atomic E-state index is 12.2. The topological polar surface area (TPSA) is 43.4 Å². The van der Waals surface area contributed by atoms with Gasteiger partial charge in [-0.2, -0.15) is 8.42 Å². The van der Waals surface area contributed by atoms with Gasteiger partial charge in [0.15, 0.2) is 0 Å². The van der Waals surface area contributed by atoms with Crippen LogP contribution in [0.4, 0.5) is 0 Å². The first-order chi connectivity index (χ1) is 7.53. The van der Waals surface area contributed by atoms with Gasteiger partial charge in [0.05, 0.1) is 10.5 Å². The molecule has 1 aromatic carbocycles. The van der Waals surface area contributed by atoms with Crippen LogP contribution in [-0.4, -0.2) is 14.0 Å². The summed E-state index contributed by atoms with van der Waals surface area (Å²) in [5.74, 6) is 0. The smallest absolute Gasteiger partial charge is 0.261 e. The van der Waals surface area contributed by atoms with E-state index in [9.17, 15) is 8.42 Å². The number of rotatable bonds is 2. The zero-order valence-electron chi connectivity index (χ0n) is 11.3. The van der Waals surface area contributed by atoms with Crippen molar-refractivity contribution in [2.45, 2.75) is 52.0 Å². The van der Waals surface area contributed by atoms with Gasteiger partial charge < -0.3 is 0 Å². The van der Waals surface area contributed by atoms with Gasteiger partial charge in [0.2, 0.25) is 0 Å². The molecule has 0 bridgehead atoms. The van der Waals surface area contributed by atoms with Crippen LogP contribution in [0.3, 0.4) is 0 Å². The van der Waals surface area contributed by atoms with E-state index in [0.29, 0.717) is 0 Å². The quantitative estimate of drug-likeness (QED) is 0.764. The molecule has 0 fully saturated rings. The molecule has 0 unspecified atom stereocenters. The first-order valence-electron chi connectivity index (χ1n) is 5.56. The van der Waals surface area contributed by atoms with Crippen molar-refractivity contribution in [1.29, 1.82) is 0 Å². The molecule has 0 aromatic heterocycles. The highest BCUT2D eigenvalue weighted by Gasteiger charge is 2.26. The lowest BCUT2D eigenvalue weighted by Crippen LogP contribution is -2.25. The van der Waals surface area contributed by atoms with Crippen LogP contribution in [0.15, 0.2) is 17.0 Å². The number of hydrogen-bond acceptors (Lipinski definition) is 3. The predicted octanol–water partition coefficient (Wildman–Crippen LogP) is 3.12. The highest BCUT2D eigenvalue weighted by molar-refractivity contribution is 7.87. The van der Waals surface area contributed by atoms with Crippen LogP contribution < -0.4 is 0 Å². The minimum atomic E-state index is -3.70. The Morgan fingerprint density at radius 1 is 1.00 bits per heavy atom. The van der Waals surface area contributed by atoms with Crippen LogP contribution in [0.1, 0.15) is 37.5 Å². The molecule has 0 radical (unpaired) electrons. The second-order valence-electron chi connectivity index (χ2n) is 5.38. The molecule has 17 heavy (non-hydrogen) atoms. The summed E-state index contributed by atoms with van der Waals surface area (Å²) < 4.78 is 29.5. The van der Waals surface area contributed by atoms with Crippen molar-refractivity contribution in [2.75, 3.05) is 0 Å². The second-order valence-corrected chi connectivity index (χ2v) is 6.86. The van der Waals surface area contributed by atoms with Gasteiger partial charge >= 0.3 is 0 Å². The van der Waals surface area contributed by atoms with Crippen LogP contribution in [0, 0.1) is 20.8 Å². The highest BCUT2D eigenvalue weighted by Crippen LogP contribution is 2.26. The third kappa shape index (κ3) is 3.54. The van der Waals surface area contributed by atoms with Gasteiger partial charge in [-0.25, -0.2) is 0 Å². The van der Waals surface area contributed by atoms with Crippen LogP contribution in [-0.2, 0) is 14.3 Å². The fourth-order valence-electron chi connectivity index (χ4n) is 1.93. The number of aryl methyl sites for hydroxylation is 3. The summed E-state index contributed by atoms with van der Waals surface area (Å²) in [5.41, 5.74) is 1.79. The SMILES string of the molecule is Cc1cc(C)c(S(=O)(=O)OC(C)(C)C)c(C)c1. The Labute approximate surface area is 104 Å². The van der Waals surface area contributed by atoms with E-state index in [2.05, 4.69) is 0 Å². The van der Waals surface area contributed by atoms with Gasteiger partial charge in [0.1, 0.15) is 0 Å². The maximum Gasteiger partial charge on any atom is 0.298 e. The normalized spacial score (nSPS) is 12.8. The van der Waals surface area contributed by atoms with Gasteiger partial charge in [-0.3, -0.25) is 4.18 Å². The average molecular weight is 256 g/mol. The van der Waals surface area contributed by atoms with E-state index in [1.807, 2.05) is 19.1 Å². The third-order valence-electron chi connectivity index (χ3n) is 2.21. The van der Waals surface area contributed by atoms with Crippen molar-refractivity contribution < 1.29 is 12.6 Å². The van der Waals surface area contributed by atoms with Crippen molar-refractivity contribution in [1.82, 2.24) is 0 Å². The monoisotopic (exact) mass is 256 g/mol. The molecule has 0 aliphatic heterocycles. The summed E-state index contributed by atoms with van der Waals surface area (Å²) in [6, 6.07) is 3.71. The van der Waals surface area contributed by atoms with Gasteiger partial charge in [0.25, 0.3) is 10.1 Å². The fraction of sp³-hybridized carbons (Fsp3) is 0.538. The number of hydrogen-bond donors (Lipinski definition) is 0. The summed E-state index contributed by atoms with van der Waals surface area (Å²) in [4.78, 5) is 0.290. The van der Waals surface area contributed by atoms with Crippen molar-refractivity contribution in [2.24, 2.45) is 0 Å². The molecule has 0 atom stereocenters. The Morgan fingerprint density at radius 2 is 1.41 bits per heavy atom. The zero-order chi connectivity index (χ0) is 13.4. The average Bonchev–Trinajstić information content (AvgIpc) is 1.93. The molecular formula is C13H20O3S. The Bertz CT molecular complexity index is 499. The molecule has 0 N–H and O–H groups in total. The second kappa shape index (κ2) is 4.42. The van der Waals surface area contributed by atoms with Crippen molar-refractivity contribution in [3.05, 3.63) is 28.8 Å². The van der Waals surface area contributed by atoms with Gasteiger partial charge in [0, 0.05) is 0 Å². The minimum absolute atomic E-state index is 0.290. The highest BCUT2D eigenvalue weighted by atomic mass is 32.2. The summed E-state index contributed by atoms with van der Waals surface area (Å²) >= 11 is 0. The lowest BCUT2D eigenvalue weighted by atomic mass is 10.1. The van der Waals surface area contributed by atoms with Crippen molar-refractivity contribution in [3.63, 3.8) is 0 Å². The van der Waals surface area contributed by atoms with Crippen molar-refractivity contribution >= 4 is 10.1 Å².